The fourth-order valence-corrected chi connectivity index (χ4v) is 4.12. The van der Waals surface area contributed by atoms with Crippen molar-refractivity contribution in [3.63, 3.8) is 0 Å². The summed E-state index contributed by atoms with van der Waals surface area (Å²) in [6.45, 7) is 0.0475. The smallest absolute Gasteiger partial charge is 0.137 e. The minimum absolute atomic E-state index is 0.0475. The summed E-state index contributed by atoms with van der Waals surface area (Å²) in [6, 6.07) is 7.96. The quantitative estimate of drug-likeness (QED) is 0.648. The average molecular weight is 364 g/mol. The molecule has 3 aromatic rings. The molecule has 0 aromatic carbocycles. The van der Waals surface area contributed by atoms with Crippen LogP contribution in [-0.2, 0) is 6.61 Å². The number of nitrogens with zero attached hydrogens (tertiary/aromatic N) is 3. The Labute approximate surface area is 157 Å². The summed E-state index contributed by atoms with van der Waals surface area (Å²) >= 11 is 0. The number of imidazole rings is 1. The highest BCUT2D eigenvalue weighted by Crippen LogP contribution is 2.42. The van der Waals surface area contributed by atoms with Crippen molar-refractivity contribution in [2.24, 2.45) is 0 Å². The number of aliphatic hydroxyl groups excluding tert-OH is 2. The maximum atomic E-state index is 10.1. The first-order valence-electron chi connectivity index (χ1n) is 9.75. The SMILES string of the molecule is OCc1cc2ncc(-c3cccc(N[C@H]4CCC[C@@H]4O)n3)n2cc1C1CC1. The number of hydrogen-bond donors (Lipinski definition) is 3. The number of fused-ring (bicyclic) bond motifs is 1. The Balaban J connectivity index is 1.51. The standard InChI is InChI=1S/C21H24N4O2/c26-12-14-9-21-22-10-18(25(21)11-15(14)13-7-8-13)16-3-2-6-20(23-16)24-17-4-1-5-19(17)27/h2-3,6,9-11,13,17,19,26-27H,1,4-5,7-8,12H2,(H,23,24)/t17-,19-/m0/s1. The molecule has 0 amide bonds. The Morgan fingerprint density at radius 2 is 2.07 bits per heavy atom. The van der Waals surface area contributed by atoms with Crippen LogP contribution in [0.15, 0.2) is 36.7 Å². The van der Waals surface area contributed by atoms with Gasteiger partial charge in [0.2, 0.25) is 0 Å². The van der Waals surface area contributed by atoms with Gasteiger partial charge in [0.25, 0.3) is 0 Å². The van der Waals surface area contributed by atoms with E-state index in [9.17, 15) is 10.2 Å². The number of nitrogens with one attached hydrogen (secondary N) is 1. The number of rotatable bonds is 5. The Morgan fingerprint density at radius 3 is 2.81 bits per heavy atom. The lowest BCUT2D eigenvalue weighted by Crippen LogP contribution is -2.28. The number of anilines is 1. The van der Waals surface area contributed by atoms with Crippen LogP contribution in [0.5, 0.6) is 0 Å². The molecule has 3 heterocycles. The summed E-state index contributed by atoms with van der Waals surface area (Å²) < 4.78 is 2.07. The molecule has 0 aliphatic heterocycles. The van der Waals surface area contributed by atoms with Crippen molar-refractivity contribution in [2.75, 3.05) is 5.32 Å². The second kappa shape index (κ2) is 6.62. The third-order valence-electron chi connectivity index (χ3n) is 5.78. The van der Waals surface area contributed by atoms with E-state index in [1.54, 1.807) is 0 Å². The Hall–Kier alpha value is -2.44. The molecule has 140 valence electrons. The molecule has 0 spiro atoms. The zero-order valence-corrected chi connectivity index (χ0v) is 15.2. The van der Waals surface area contributed by atoms with Crippen molar-refractivity contribution in [3.8, 4) is 11.4 Å². The van der Waals surface area contributed by atoms with Gasteiger partial charge in [-0.25, -0.2) is 9.97 Å². The van der Waals surface area contributed by atoms with E-state index in [4.69, 9.17) is 4.98 Å². The molecule has 0 saturated heterocycles. The van der Waals surface area contributed by atoms with Gasteiger partial charge in [-0.2, -0.15) is 0 Å². The third-order valence-corrected chi connectivity index (χ3v) is 5.78. The molecule has 5 rings (SSSR count). The van der Waals surface area contributed by atoms with E-state index in [0.29, 0.717) is 5.92 Å². The maximum Gasteiger partial charge on any atom is 0.137 e. The molecule has 2 saturated carbocycles. The van der Waals surface area contributed by atoms with Gasteiger partial charge in [-0.05, 0) is 67.3 Å². The van der Waals surface area contributed by atoms with E-state index in [0.717, 1.165) is 47.7 Å². The highest BCUT2D eigenvalue weighted by atomic mass is 16.3. The summed E-state index contributed by atoms with van der Waals surface area (Å²) in [5, 5.41) is 23.1. The molecule has 3 aromatic heterocycles. The molecule has 0 radical (unpaired) electrons. The van der Waals surface area contributed by atoms with Crippen LogP contribution < -0.4 is 5.32 Å². The highest BCUT2D eigenvalue weighted by molar-refractivity contribution is 5.63. The van der Waals surface area contributed by atoms with Gasteiger partial charge in [0.1, 0.15) is 11.5 Å². The third kappa shape index (κ3) is 3.09. The summed E-state index contributed by atoms with van der Waals surface area (Å²) in [5.41, 5.74) is 4.80. The topological polar surface area (TPSA) is 82.7 Å². The molecule has 2 aliphatic rings. The lowest BCUT2D eigenvalue weighted by Gasteiger charge is -2.17. The van der Waals surface area contributed by atoms with Crippen molar-refractivity contribution < 1.29 is 10.2 Å². The summed E-state index contributed by atoms with van der Waals surface area (Å²) in [6.07, 6.45) is 8.88. The number of aromatic nitrogens is 3. The Kier molecular flexibility index (Phi) is 4.10. The van der Waals surface area contributed by atoms with Crippen LogP contribution >= 0.6 is 0 Å². The van der Waals surface area contributed by atoms with Gasteiger partial charge in [0.05, 0.1) is 36.3 Å². The molecule has 2 fully saturated rings. The van der Waals surface area contributed by atoms with Crippen LogP contribution in [-0.4, -0.2) is 36.7 Å². The molecule has 2 aliphatic carbocycles. The highest BCUT2D eigenvalue weighted by Gasteiger charge is 2.27. The van der Waals surface area contributed by atoms with Crippen molar-refractivity contribution in [3.05, 3.63) is 47.8 Å². The number of aliphatic hydroxyl groups is 2. The van der Waals surface area contributed by atoms with Crippen LogP contribution in [0, 0.1) is 0 Å². The lowest BCUT2D eigenvalue weighted by atomic mass is 10.1. The van der Waals surface area contributed by atoms with Crippen LogP contribution in [0.4, 0.5) is 5.82 Å². The van der Waals surface area contributed by atoms with Gasteiger partial charge < -0.3 is 15.5 Å². The van der Waals surface area contributed by atoms with Crippen molar-refractivity contribution in [1.82, 2.24) is 14.4 Å². The molecule has 27 heavy (non-hydrogen) atoms. The summed E-state index contributed by atoms with van der Waals surface area (Å²) in [7, 11) is 0. The van der Waals surface area contributed by atoms with Gasteiger partial charge >= 0.3 is 0 Å². The summed E-state index contributed by atoms with van der Waals surface area (Å²) in [4.78, 5) is 9.28. The van der Waals surface area contributed by atoms with E-state index in [1.807, 2.05) is 30.5 Å². The number of pyridine rings is 2. The Morgan fingerprint density at radius 1 is 1.19 bits per heavy atom. The largest absolute Gasteiger partial charge is 0.392 e. The van der Waals surface area contributed by atoms with Crippen molar-refractivity contribution >= 4 is 11.5 Å². The van der Waals surface area contributed by atoms with Gasteiger partial charge in [-0.15, -0.1) is 0 Å². The molecular weight excluding hydrogens is 340 g/mol. The number of hydrogen-bond acceptors (Lipinski definition) is 5. The molecule has 2 atom stereocenters. The fourth-order valence-electron chi connectivity index (χ4n) is 4.12. The van der Waals surface area contributed by atoms with Gasteiger partial charge in [-0.3, -0.25) is 4.40 Å². The van der Waals surface area contributed by atoms with E-state index in [-0.39, 0.29) is 18.8 Å². The molecule has 0 bridgehead atoms. The Bertz CT molecular complexity index is 979. The first kappa shape index (κ1) is 16.7. The van der Waals surface area contributed by atoms with Crippen molar-refractivity contribution in [1.29, 1.82) is 0 Å². The monoisotopic (exact) mass is 364 g/mol. The predicted molar refractivity (Wildman–Crippen MR) is 104 cm³/mol. The van der Waals surface area contributed by atoms with Crippen LogP contribution in [0.3, 0.4) is 0 Å². The minimum Gasteiger partial charge on any atom is -0.392 e. The van der Waals surface area contributed by atoms with E-state index < -0.39 is 0 Å². The molecule has 0 unspecified atom stereocenters. The zero-order chi connectivity index (χ0) is 18.4. The van der Waals surface area contributed by atoms with Gasteiger partial charge in [-0.1, -0.05) is 6.07 Å². The van der Waals surface area contributed by atoms with E-state index in [2.05, 4.69) is 20.9 Å². The van der Waals surface area contributed by atoms with Crippen LogP contribution in [0.2, 0.25) is 0 Å². The second-order valence-electron chi connectivity index (χ2n) is 7.72. The lowest BCUT2D eigenvalue weighted by molar-refractivity contribution is 0.171. The van der Waals surface area contributed by atoms with Gasteiger partial charge in [0.15, 0.2) is 0 Å². The second-order valence-corrected chi connectivity index (χ2v) is 7.72. The maximum absolute atomic E-state index is 10.1. The first-order chi connectivity index (χ1) is 13.2. The molecular formula is C21H24N4O2. The molecule has 6 heteroatoms. The van der Waals surface area contributed by atoms with E-state index in [1.165, 1.54) is 18.4 Å². The zero-order valence-electron chi connectivity index (χ0n) is 15.2. The van der Waals surface area contributed by atoms with Crippen LogP contribution in [0.25, 0.3) is 17.0 Å². The van der Waals surface area contributed by atoms with Gasteiger partial charge in [0, 0.05) is 6.20 Å². The predicted octanol–water partition coefficient (Wildman–Crippen LogP) is 3.09. The first-order valence-corrected chi connectivity index (χ1v) is 9.75. The summed E-state index contributed by atoms with van der Waals surface area (Å²) in [5.74, 6) is 1.33. The molecule has 3 N–H and O–H groups in total. The normalized spacial score (nSPS) is 22.4. The minimum atomic E-state index is -0.302. The van der Waals surface area contributed by atoms with Crippen molar-refractivity contribution in [2.45, 2.75) is 56.8 Å². The molecule has 6 nitrogen and oxygen atoms in total. The van der Waals surface area contributed by atoms with E-state index >= 15 is 0 Å². The average Bonchev–Trinajstić information content (AvgIpc) is 3.34. The fraction of sp³-hybridized carbons (Fsp3) is 0.429. The van der Waals surface area contributed by atoms with Crippen LogP contribution in [0.1, 0.15) is 49.1 Å².